The summed E-state index contributed by atoms with van der Waals surface area (Å²) in [6, 6.07) is 24.4. The average Bonchev–Trinajstić information content (AvgIpc) is 3.18. The van der Waals surface area contributed by atoms with Gasteiger partial charge < -0.3 is 10.2 Å². The minimum Gasteiger partial charge on any atom is -0.349 e. The molecule has 2 N–H and O–H groups in total. The first-order chi connectivity index (χ1) is 12.7. The van der Waals surface area contributed by atoms with Gasteiger partial charge in [-0.25, -0.2) is 0 Å². The zero-order chi connectivity index (χ0) is 18.4. The van der Waals surface area contributed by atoms with E-state index in [-0.39, 0.29) is 17.9 Å². The van der Waals surface area contributed by atoms with Gasteiger partial charge in [0.25, 0.3) is 0 Å². The van der Waals surface area contributed by atoms with E-state index in [1.165, 1.54) is 9.78 Å². The van der Waals surface area contributed by atoms with E-state index in [0.29, 0.717) is 6.54 Å². The van der Waals surface area contributed by atoms with Crippen LogP contribution < -0.4 is 10.2 Å². The Morgan fingerprint density at radius 1 is 0.923 bits per heavy atom. The Balaban J connectivity index is 1.80. The van der Waals surface area contributed by atoms with Crippen LogP contribution in [0.1, 0.15) is 28.0 Å². The number of quaternary nitrogens is 1. The number of carbonyl (C=O) groups excluding carboxylic acids is 1. The van der Waals surface area contributed by atoms with Crippen molar-refractivity contribution in [1.82, 2.24) is 5.32 Å². The topological polar surface area (TPSA) is 33.5 Å². The number of nitrogens with one attached hydrogen (secondary N) is 2. The third kappa shape index (κ3) is 4.40. The number of amides is 1. The van der Waals surface area contributed by atoms with E-state index in [2.05, 4.69) is 36.9 Å². The van der Waals surface area contributed by atoms with Crippen molar-refractivity contribution < 1.29 is 9.69 Å². The molecule has 0 saturated heterocycles. The highest BCUT2D eigenvalue weighted by Gasteiger charge is 2.25. The van der Waals surface area contributed by atoms with Crippen LogP contribution in [0.2, 0.25) is 0 Å². The summed E-state index contributed by atoms with van der Waals surface area (Å²) in [6.07, 6.45) is 0. The van der Waals surface area contributed by atoms with Gasteiger partial charge in [0.15, 0.2) is 0 Å². The van der Waals surface area contributed by atoms with Gasteiger partial charge in [0.05, 0.1) is 31.4 Å². The quantitative estimate of drug-likeness (QED) is 0.663. The van der Waals surface area contributed by atoms with Gasteiger partial charge in [-0.1, -0.05) is 66.7 Å². The third-order valence-corrected chi connectivity index (χ3v) is 5.58. The van der Waals surface area contributed by atoms with Crippen molar-refractivity contribution in [1.29, 1.82) is 0 Å². The van der Waals surface area contributed by atoms with Gasteiger partial charge in [-0.15, -0.1) is 11.3 Å². The monoisotopic (exact) mass is 365 g/mol. The molecule has 4 heteroatoms. The molecule has 3 nitrogen and oxygen atoms in total. The number of hydrogen-bond acceptors (Lipinski definition) is 2. The molecule has 0 radical (unpaired) electrons. The molecule has 3 aromatic rings. The highest BCUT2D eigenvalue weighted by Crippen LogP contribution is 2.25. The molecule has 1 aromatic heterocycles. The number of thiophene rings is 1. The van der Waals surface area contributed by atoms with Crippen LogP contribution in [0.15, 0.2) is 78.2 Å². The maximum absolute atomic E-state index is 13.1. The van der Waals surface area contributed by atoms with Crippen LogP contribution in [0.4, 0.5) is 0 Å². The lowest BCUT2D eigenvalue weighted by Crippen LogP contribution is -3.06. The first-order valence-electron chi connectivity index (χ1n) is 8.88. The van der Waals surface area contributed by atoms with Crippen LogP contribution in [0.25, 0.3) is 0 Å². The maximum atomic E-state index is 13.1. The molecule has 2 aromatic carbocycles. The molecule has 0 aliphatic carbocycles. The molecule has 1 heterocycles. The summed E-state index contributed by atoms with van der Waals surface area (Å²) in [4.78, 5) is 15.7. The van der Waals surface area contributed by atoms with E-state index in [1.807, 2.05) is 60.7 Å². The van der Waals surface area contributed by atoms with Crippen LogP contribution in [0.5, 0.6) is 0 Å². The zero-order valence-electron chi connectivity index (χ0n) is 15.2. The van der Waals surface area contributed by atoms with Gasteiger partial charge >= 0.3 is 0 Å². The average molecular weight is 366 g/mol. The lowest BCUT2D eigenvalue weighted by atomic mass is 9.90. The maximum Gasteiger partial charge on any atom is 0.232 e. The Labute approximate surface area is 159 Å². The van der Waals surface area contributed by atoms with Gasteiger partial charge in [-0.3, -0.25) is 4.79 Å². The highest BCUT2D eigenvalue weighted by atomic mass is 32.1. The number of likely N-dealkylation sites (N-methyl/N-ethyl adjacent to an activating group) is 1. The normalized spacial score (nSPS) is 12.3. The zero-order valence-corrected chi connectivity index (χ0v) is 16.0. The van der Waals surface area contributed by atoms with E-state index in [4.69, 9.17) is 0 Å². The van der Waals surface area contributed by atoms with Crippen LogP contribution in [-0.2, 0) is 4.79 Å². The largest absolute Gasteiger partial charge is 0.349 e. The Hall–Kier alpha value is -2.43. The lowest BCUT2D eigenvalue weighted by molar-refractivity contribution is -0.890. The fourth-order valence-corrected chi connectivity index (χ4v) is 4.12. The molecule has 0 aliphatic heterocycles. The molecule has 26 heavy (non-hydrogen) atoms. The van der Waals surface area contributed by atoms with Crippen LogP contribution >= 0.6 is 11.3 Å². The number of carbonyl (C=O) groups is 1. The van der Waals surface area contributed by atoms with Gasteiger partial charge in [0.2, 0.25) is 5.91 Å². The van der Waals surface area contributed by atoms with Crippen LogP contribution in [0.3, 0.4) is 0 Å². The summed E-state index contributed by atoms with van der Waals surface area (Å²) >= 11 is 1.74. The van der Waals surface area contributed by atoms with E-state index in [9.17, 15) is 4.79 Å². The molecular weight excluding hydrogens is 340 g/mol. The Morgan fingerprint density at radius 3 is 1.96 bits per heavy atom. The summed E-state index contributed by atoms with van der Waals surface area (Å²) in [5, 5.41) is 5.28. The number of rotatable bonds is 7. The Kier molecular flexibility index (Phi) is 6.21. The minimum atomic E-state index is -0.293. The standard InChI is InChI=1S/C22H24N2OS/c1-24(2)19(20-14-9-15-26-20)16-23-22(25)21(17-10-5-3-6-11-17)18-12-7-4-8-13-18/h3-15,19,21H,16H2,1-2H3,(H,23,25)/p+1/t19-/m0/s1. The number of hydrogen-bond donors (Lipinski definition) is 2. The first-order valence-corrected chi connectivity index (χ1v) is 9.76. The van der Waals surface area contributed by atoms with Crippen molar-refractivity contribution in [2.75, 3.05) is 20.6 Å². The van der Waals surface area contributed by atoms with Crippen molar-refractivity contribution in [2.24, 2.45) is 0 Å². The van der Waals surface area contributed by atoms with Gasteiger partial charge in [-0.05, 0) is 22.6 Å². The second-order valence-electron chi connectivity index (χ2n) is 6.64. The minimum absolute atomic E-state index is 0.0465. The lowest BCUT2D eigenvalue weighted by Gasteiger charge is -2.23. The Bertz CT molecular complexity index is 761. The fourth-order valence-electron chi connectivity index (χ4n) is 3.17. The van der Waals surface area contributed by atoms with E-state index in [0.717, 1.165) is 11.1 Å². The van der Waals surface area contributed by atoms with Gasteiger partial charge in [-0.2, -0.15) is 0 Å². The van der Waals surface area contributed by atoms with Gasteiger partial charge in [0.1, 0.15) is 6.04 Å². The predicted molar refractivity (Wildman–Crippen MR) is 108 cm³/mol. The third-order valence-electron chi connectivity index (χ3n) is 4.59. The summed E-state index contributed by atoms with van der Waals surface area (Å²) < 4.78 is 0. The van der Waals surface area contributed by atoms with E-state index >= 15 is 0 Å². The molecule has 0 aliphatic rings. The summed E-state index contributed by atoms with van der Waals surface area (Å²) in [6.45, 7) is 0.623. The van der Waals surface area contributed by atoms with Crippen LogP contribution in [0, 0.1) is 0 Å². The van der Waals surface area contributed by atoms with Crippen molar-refractivity contribution in [3.63, 3.8) is 0 Å². The molecule has 0 spiro atoms. The van der Waals surface area contributed by atoms with E-state index < -0.39 is 0 Å². The molecule has 0 bridgehead atoms. The first kappa shape index (κ1) is 18.4. The molecule has 1 amide bonds. The second kappa shape index (κ2) is 8.79. The summed E-state index contributed by atoms with van der Waals surface area (Å²) in [7, 11) is 4.25. The number of benzene rings is 2. The molecule has 0 fully saturated rings. The molecular formula is C22H25N2OS+. The highest BCUT2D eigenvalue weighted by molar-refractivity contribution is 7.10. The van der Waals surface area contributed by atoms with E-state index in [1.54, 1.807) is 11.3 Å². The fraction of sp³-hybridized carbons (Fsp3) is 0.227. The summed E-state index contributed by atoms with van der Waals surface area (Å²) in [5.41, 5.74) is 2.03. The molecule has 3 rings (SSSR count). The molecule has 0 unspecified atom stereocenters. The molecule has 0 saturated carbocycles. The Morgan fingerprint density at radius 2 is 1.50 bits per heavy atom. The second-order valence-corrected chi connectivity index (χ2v) is 7.62. The van der Waals surface area contributed by atoms with Crippen molar-refractivity contribution in [3.05, 3.63) is 94.2 Å². The smallest absolute Gasteiger partial charge is 0.232 e. The predicted octanol–water partition coefficient (Wildman–Crippen LogP) is 2.88. The van der Waals surface area contributed by atoms with Gasteiger partial charge in [0, 0.05) is 0 Å². The SMILES string of the molecule is C[NH+](C)[C@@H](CNC(=O)C(c1ccccc1)c1ccccc1)c1cccs1. The molecule has 1 atom stereocenters. The van der Waals surface area contributed by atoms with Crippen LogP contribution in [-0.4, -0.2) is 26.5 Å². The van der Waals surface area contributed by atoms with Crippen molar-refractivity contribution >= 4 is 17.2 Å². The molecule has 134 valence electrons. The van der Waals surface area contributed by atoms with Crippen molar-refractivity contribution in [2.45, 2.75) is 12.0 Å². The van der Waals surface area contributed by atoms with Crippen molar-refractivity contribution in [3.8, 4) is 0 Å². The summed E-state index contributed by atoms with van der Waals surface area (Å²) in [5.74, 6) is -0.247.